The van der Waals surface area contributed by atoms with Crippen LogP contribution in [0.2, 0.25) is 0 Å². The van der Waals surface area contributed by atoms with Crippen molar-refractivity contribution in [2.75, 3.05) is 16.8 Å². The summed E-state index contributed by atoms with van der Waals surface area (Å²) in [5.41, 5.74) is 6.21. The molecule has 1 aromatic rings. The Morgan fingerprint density at radius 3 is 2.71 bits per heavy atom. The molecule has 3 N–H and O–H groups in total. The molecule has 0 fully saturated rings. The van der Waals surface area contributed by atoms with E-state index < -0.39 is 0 Å². The second kappa shape index (κ2) is 7.29. The SMILES string of the molecule is CC(N)CCSCC(=O)Nc1ccc(F)cc1. The second-order valence-corrected chi connectivity index (χ2v) is 4.98. The van der Waals surface area contributed by atoms with E-state index >= 15 is 0 Å². The van der Waals surface area contributed by atoms with Crippen molar-refractivity contribution in [2.24, 2.45) is 5.73 Å². The predicted molar refractivity (Wildman–Crippen MR) is 70.6 cm³/mol. The zero-order valence-electron chi connectivity index (χ0n) is 9.78. The zero-order chi connectivity index (χ0) is 12.7. The number of hydrogen-bond acceptors (Lipinski definition) is 3. The molecule has 0 spiro atoms. The van der Waals surface area contributed by atoms with E-state index in [1.807, 2.05) is 6.92 Å². The van der Waals surface area contributed by atoms with Gasteiger partial charge in [0.2, 0.25) is 5.91 Å². The van der Waals surface area contributed by atoms with Crippen molar-refractivity contribution < 1.29 is 9.18 Å². The molecule has 0 radical (unpaired) electrons. The van der Waals surface area contributed by atoms with Crippen LogP contribution in [0.25, 0.3) is 0 Å². The molecule has 17 heavy (non-hydrogen) atoms. The average Bonchev–Trinajstić information content (AvgIpc) is 2.27. The highest BCUT2D eigenvalue weighted by atomic mass is 32.2. The normalized spacial score (nSPS) is 12.2. The molecule has 1 rings (SSSR count). The van der Waals surface area contributed by atoms with Crippen molar-refractivity contribution in [1.29, 1.82) is 0 Å². The molecule has 1 amide bonds. The molecule has 94 valence electrons. The van der Waals surface area contributed by atoms with Crippen LogP contribution in [0, 0.1) is 5.82 Å². The molecule has 0 saturated heterocycles. The molecule has 1 unspecified atom stereocenters. The highest BCUT2D eigenvalue weighted by Crippen LogP contribution is 2.10. The Kier molecular flexibility index (Phi) is 6.00. The molecule has 0 aromatic heterocycles. The van der Waals surface area contributed by atoms with Gasteiger partial charge in [-0.25, -0.2) is 4.39 Å². The number of carbonyl (C=O) groups excluding carboxylic acids is 1. The number of amides is 1. The average molecular weight is 256 g/mol. The maximum Gasteiger partial charge on any atom is 0.234 e. The van der Waals surface area contributed by atoms with Gasteiger partial charge in [-0.2, -0.15) is 11.8 Å². The third kappa shape index (κ3) is 6.28. The first kappa shape index (κ1) is 14.0. The molecular weight excluding hydrogens is 239 g/mol. The molecular formula is C12H17FN2OS. The van der Waals surface area contributed by atoms with E-state index in [-0.39, 0.29) is 17.8 Å². The van der Waals surface area contributed by atoms with Gasteiger partial charge in [0.25, 0.3) is 0 Å². The maximum atomic E-state index is 12.6. The summed E-state index contributed by atoms with van der Waals surface area (Å²) in [6, 6.07) is 5.89. The summed E-state index contributed by atoms with van der Waals surface area (Å²) in [6.07, 6.45) is 0.897. The minimum atomic E-state index is -0.311. The summed E-state index contributed by atoms with van der Waals surface area (Å²) >= 11 is 1.55. The molecule has 3 nitrogen and oxygen atoms in total. The number of hydrogen-bond donors (Lipinski definition) is 2. The van der Waals surface area contributed by atoms with Crippen LogP contribution in [0.4, 0.5) is 10.1 Å². The zero-order valence-corrected chi connectivity index (χ0v) is 10.6. The first-order valence-electron chi connectivity index (χ1n) is 5.46. The van der Waals surface area contributed by atoms with Crippen LogP contribution in [-0.2, 0) is 4.79 Å². The first-order valence-corrected chi connectivity index (χ1v) is 6.62. The number of thioether (sulfide) groups is 1. The Labute approximate surface area is 105 Å². The fraction of sp³-hybridized carbons (Fsp3) is 0.417. The van der Waals surface area contributed by atoms with Crippen molar-refractivity contribution in [1.82, 2.24) is 0 Å². The summed E-state index contributed by atoms with van der Waals surface area (Å²) < 4.78 is 12.6. The molecule has 0 heterocycles. The number of anilines is 1. The number of rotatable bonds is 6. The van der Waals surface area contributed by atoms with Gasteiger partial charge in [-0.3, -0.25) is 4.79 Å². The summed E-state index contributed by atoms with van der Waals surface area (Å²) in [5, 5.41) is 2.70. The van der Waals surface area contributed by atoms with Gasteiger partial charge in [-0.05, 0) is 43.4 Å². The third-order valence-electron chi connectivity index (χ3n) is 2.08. The van der Waals surface area contributed by atoms with Crippen molar-refractivity contribution in [3.05, 3.63) is 30.1 Å². The maximum absolute atomic E-state index is 12.6. The van der Waals surface area contributed by atoms with E-state index in [1.165, 1.54) is 12.1 Å². The lowest BCUT2D eigenvalue weighted by molar-refractivity contribution is -0.113. The van der Waals surface area contributed by atoms with Crippen LogP contribution in [0.3, 0.4) is 0 Å². The minimum absolute atomic E-state index is 0.0775. The summed E-state index contributed by atoms with van der Waals surface area (Å²) in [4.78, 5) is 11.5. The smallest absolute Gasteiger partial charge is 0.234 e. The molecule has 5 heteroatoms. The lowest BCUT2D eigenvalue weighted by Crippen LogP contribution is -2.17. The van der Waals surface area contributed by atoms with Crippen LogP contribution in [-0.4, -0.2) is 23.5 Å². The molecule has 0 aliphatic rings. The number of nitrogens with two attached hydrogens (primary N) is 1. The largest absolute Gasteiger partial charge is 0.328 e. The molecule has 1 aromatic carbocycles. The Bertz CT molecular complexity index is 354. The van der Waals surface area contributed by atoms with Crippen molar-refractivity contribution in [3.63, 3.8) is 0 Å². The summed E-state index contributed by atoms with van der Waals surface area (Å²) in [5.74, 6) is 0.874. The van der Waals surface area contributed by atoms with Gasteiger partial charge in [0.05, 0.1) is 5.75 Å². The lowest BCUT2D eigenvalue weighted by Gasteiger charge is -2.06. The summed E-state index contributed by atoms with van der Waals surface area (Å²) in [6.45, 7) is 1.94. The van der Waals surface area contributed by atoms with E-state index in [2.05, 4.69) is 5.32 Å². The molecule has 0 aliphatic carbocycles. The first-order chi connectivity index (χ1) is 8.08. The highest BCUT2D eigenvalue weighted by molar-refractivity contribution is 7.99. The van der Waals surface area contributed by atoms with Gasteiger partial charge in [0, 0.05) is 11.7 Å². The summed E-state index contributed by atoms with van der Waals surface area (Å²) in [7, 11) is 0. The topological polar surface area (TPSA) is 55.1 Å². The Balaban J connectivity index is 2.23. The van der Waals surface area contributed by atoms with Gasteiger partial charge >= 0.3 is 0 Å². The van der Waals surface area contributed by atoms with E-state index in [1.54, 1.807) is 23.9 Å². The lowest BCUT2D eigenvalue weighted by atomic mass is 10.3. The number of halogens is 1. The minimum Gasteiger partial charge on any atom is -0.328 e. The van der Waals surface area contributed by atoms with Gasteiger partial charge in [0.1, 0.15) is 5.82 Å². The van der Waals surface area contributed by atoms with Gasteiger partial charge in [0.15, 0.2) is 0 Å². The molecule has 0 saturated carbocycles. The quantitative estimate of drug-likeness (QED) is 0.767. The van der Waals surface area contributed by atoms with Crippen LogP contribution in [0.5, 0.6) is 0 Å². The van der Waals surface area contributed by atoms with E-state index in [0.717, 1.165) is 12.2 Å². The van der Waals surface area contributed by atoms with E-state index in [4.69, 9.17) is 5.73 Å². The van der Waals surface area contributed by atoms with Gasteiger partial charge in [-0.15, -0.1) is 0 Å². The van der Waals surface area contributed by atoms with Gasteiger partial charge in [-0.1, -0.05) is 0 Å². The third-order valence-corrected chi connectivity index (χ3v) is 3.07. The fourth-order valence-electron chi connectivity index (χ4n) is 1.16. The van der Waals surface area contributed by atoms with Crippen LogP contribution in [0.15, 0.2) is 24.3 Å². The monoisotopic (exact) mass is 256 g/mol. The van der Waals surface area contributed by atoms with E-state index in [0.29, 0.717) is 11.4 Å². The molecule has 1 atom stereocenters. The Hall–Kier alpha value is -1.07. The molecule has 0 aliphatic heterocycles. The standard InChI is InChI=1S/C12H17FN2OS/c1-9(14)6-7-17-8-12(16)15-11-4-2-10(13)3-5-11/h2-5,9H,6-8,14H2,1H3,(H,15,16). The van der Waals surface area contributed by atoms with Gasteiger partial charge < -0.3 is 11.1 Å². The highest BCUT2D eigenvalue weighted by Gasteiger charge is 2.03. The van der Waals surface area contributed by atoms with Crippen molar-refractivity contribution >= 4 is 23.4 Å². The van der Waals surface area contributed by atoms with Crippen LogP contribution >= 0.6 is 11.8 Å². The molecule has 0 bridgehead atoms. The van der Waals surface area contributed by atoms with Crippen LogP contribution in [0.1, 0.15) is 13.3 Å². The Morgan fingerprint density at radius 1 is 1.47 bits per heavy atom. The van der Waals surface area contributed by atoms with Crippen molar-refractivity contribution in [3.8, 4) is 0 Å². The Morgan fingerprint density at radius 2 is 2.12 bits per heavy atom. The van der Waals surface area contributed by atoms with Crippen LogP contribution < -0.4 is 11.1 Å². The second-order valence-electron chi connectivity index (χ2n) is 3.87. The van der Waals surface area contributed by atoms with E-state index in [9.17, 15) is 9.18 Å². The fourth-order valence-corrected chi connectivity index (χ4v) is 2.10. The number of nitrogens with one attached hydrogen (secondary N) is 1. The predicted octanol–water partition coefficient (Wildman–Crippen LogP) is 2.23. The number of carbonyl (C=O) groups is 1. The number of benzene rings is 1. The van der Waals surface area contributed by atoms with Crippen molar-refractivity contribution in [2.45, 2.75) is 19.4 Å².